The molecule has 1 atom stereocenters. The second kappa shape index (κ2) is 5.60. The van der Waals surface area contributed by atoms with E-state index in [4.69, 9.17) is 5.73 Å². The van der Waals surface area contributed by atoms with Gasteiger partial charge in [0.05, 0.1) is 17.9 Å². The fourth-order valence-corrected chi connectivity index (χ4v) is 1.28. The largest absolute Gasteiger partial charge is 0.352 e. The third-order valence-corrected chi connectivity index (χ3v) is 2.13. The van der Waals surface area contributed by atoms with Crippen molar-refractivity contribution in [2.75, 3.05) is 0 Å². The van der Waals surface area contributed by atoms with Crippen molar-refractivity contribution in [3.05, 3.63) is 11.9 Å². The Morgan fingerprint density at radius 1 is 1.62 bits per heavy atom. The lowest BCUT2D eigenvalue weighted by Crippen LogP contribution is -2.33. The molecule has 90 valence electrons. The van der Waals surface area contributed by atoms with Gasteiger partial charge in [0.25, 0.3) is 0 Å². The van der Waals surface area contributed by atoms with Crippen LogP contribution in [0.4, 0.5) is 0 Å². The van der Waals surface area contributed by atoms with E-state index in [0.29, 0.717) is 0 Å². The molecule has 6 heteroatoms. The van der Waals surface area contributed by atoms with E-state index in [1.807, 2.05) is 20.8 Å². The summed E-state index contributed by atoms with van der Waals surface area (Å²) in [7, 11) is 0. The van der Waals surface area contributed by atoms with Gasteiger partial charge in [0, 0.05) is 6.04 Å². The average molecular weight is 225 g/mol. The van der Waals surface area contributed by atoms with Crippen molar-refractivity contribution < 1.29 is 4.79 Å². The summed E-state index contributed by atoms with van der Waals surface area (Å²) in [5.41, 5.74) is 6.52. The maximum atomic E-state index is 11.4. The monoisotopic (exact) mass is 225 g/mol. The second-order valence-electron chi connectivity index (χ2n) is 4.08. The van der Waals surface area contributed by atoms with Crippen LogP contribution in [0, 0.1) is 0 Å². The van der Waals surface area contributed by atoms with Crippen molar-refractivity contribution in [2.24, 2.45) is 5.73 Å². The summed E-state index contributed by atoms with van der Waals surface area (Å²) in [5.74, 6) is -0.0727. The number of carbonyl (C=O) groups excluding carboxylic acids is 1. The van der Waals surface area contributed by atoms with Crippen molar-refractivity contribution in [3.8, 4) is 0 Å². The van der Waals surface area contributed by atoms with Crippen LogP contribution in [0.3, 0.4) is 0 Å². The highest BCUT2D eigenvalue weighted by Gasteiger charge is 2.10. The van der Waals surface area contributed by atoms with Gasteiger partial charge < -0.3 is 11.1 Å². The smallest absolute Gasteiger partial charge is 0.241 e. The minimum atomic E-state index is -0.109. The zero-order valence-electron chi connectivity index (χ0n) is 9.97. The van der Waals surface area contributed by atoms with Gasteiger partial charge in [0.15, 0.2) is 0 Å². The number of aromatic nitrogens is 3. The summed E-state index contributed by atoms with van der Waals surface area (Å²) in [5, 5.41) is 10.6. The number of nitrogens with one attached hydrogen (secondary N) is 1. The third-order valence-electron chi connectivity index (χ3n) is 2.13. The van der Waals surface area contributed by atoms with E-state index in [-0.39, 0.29) is 24.5 Å². The number of nitrogens with zero attached hydrogens (tertiary/aromatic N) is 3. The molecule has 0 radical (unpaired) electrons. The van der Waals surface area contributed by atoms with Crippen LogP contribution in [0.1, 0.15) is 38.9 Å². The Kier molecular flexibility index (Phi) is 4.42. The molecule has 6 nitrogen and oxygen atoms in total. The van der Waals surface area contributed by atoms with Crippen LogP contribution >= 0.6 is 0 Å². The summed E-state index contributed by atoms with van der Waals surface area (Å²) >= 11 is 0. The van der Waals surface area contributed by atoms with Crippen LogP contribution < -0.4 is 11.1 Å². The fourth-order valence-electron chi connectivity index (χ4n) is 1.28. The Hall–Kier alpha value is -1.43. The molecular weight excluding hydrogens is 206 g/mol. The van der Waals surface area contributed by atoms with E-state index >= 15 is 0 Å². The van der Waals surface area contributed by atoms with E-state index in [1.54, 1.807) is 6.20 Å². The van der Waals surface area contributed by atoms with Crippen molar-refractivity contribution in [2.45, 2.75) is 45.8 Å². The van der Waals surface area contributed by atoms with Gasteiger partial charge in [-0.1, -0.05) is 12.1 Å². The molecule has 1 amide bonds. The van der Waals surface area contributed by atoms with Gasteiger partial charge >= 0.3 is 0 Å². The minimum Gasteiger partial charge on any atom is -0.352 e. The first-order chi connectivity index (χ1) is 7.52. The summed E-state index contributed by atoms with van der Waals surface area (Å²) < 4.78 is 1.50. The molecule has 0 aliphatic carbocycles. The van der Waals surface area contributed by atoms with Crippen LogP contribution in [-0.4, -0.2) is 26.9 Å². The lowest BCUT2D eigenvalue weighted by molar-refractivity contribution is -0.122. The molecular formula is C10H19N5O. The Balaban J connectivity index is 2.55. The molecule has 0 aliphatic heterocycles. The van der Waals surface area contributed by atoms with Crippen LogP contribution in [-0.2, 0) is 11.3 Å². The number of carbonyl (C=O) groups is 1. The van der Waals surface area contributed by atoms with Crippen molar-refractivity contribution in [1.29, 1.82) is 0 Å². The number of rotatable bonds is 5. The standard InChI is InChI=1S/C10H19N5O/c1-4-8(11)9-5-15(14-13-9)6-10(16)12-7(2)3/h5,7-8H,4,6,11H2,1-3H3,(H,12,16). The van der Waals surface area contributed by atoms with Crippen molar-refractivity contribution in [3.63, 3.8) is 0 Å². The molecule has 0 bridgehead atoms. The van der Waals surface area contributed by atoms with Crippen molar-refractivity contribution >= 4 is 5.91 Å². The first-order valence-electron chi connectivity index (χ1n) is 5.48. The van der Waals surface area contributed by atoms with Gasteiger partial charge in [-0.3, -0.25) is 4.79 Å². The molecule has 0 aliphatic rings. The first kappa shape index (κ1) is 12.6. The predicted molar refractivity (Wildman–Crippen MR) is 60.5 cm³/mol. The van der Waals surface area contributed by atoms with Crippen LogP contribution in [0.5, 0.6) is 0 Å². The zero-order valence-corrected chi connectivity index (χ0v) is 9.97. The number of amides is 1. The van der Waals surface area contributed by atoms with E-state index in [1.165, 1.54) is 4.68 Å². The molecule has 1 heterocycles. The molecule has 0 saturated heterocycles. The average Bonchev–Trinajstić information content (AvgIpc) is 2.63. The second-order valence-corrected chi connectivity index (χ2v) is 4.08. The number of hydrogen-bond acceptors (Lipinski definition) is 4. The molecule has 3 N–H and O–H groups in total. The number of nitrogens with two attached hydrogens (primary N) is 1. The third kappa shape index (κ3) is 3.62. The summed E-state index contributed by atoms with van der Waals surface area (Å²) in [6.45, 7) is 5.99. The maximum Gasteiger partial charge on any atom is 0.241 e. The molecule has 0 fully saturated rings. The molecule has 16 heavy (non-hydrogen) atoms. The number of hydrogen-bond donors (Lipinski definition) is 2. The molecule has 0 saturated carbocycles. The molecule has 1 rings (SSSR count). The summed E-state index contributed by atoms with van der Waals surface area (Å²) in [4.78, 5) is 11.4. The SMILES string of the molecule is CCC(N)c1cn(CC(=O)NC(C)C)nn1. The summed E-state index contributed by atoms with van der Waals surface area (Å²) in [6.07, 6.45) is 2.52. The van der Waals surface area contributed by atoms with E-state index in [9.17, 15) is 4.79 Å². The highest BCUT2D eigenvalue weighted by Crippen LogP contribution is 2.08. The molecule has 1 unspecified atom stereocenters. The predicted octanol–water partition coefficient (Wildman–Crippen LogP) is 0.213. The minimum absolute atomic E-state index is 0.0727. The van der Waals surface area contributed by atoms with Crippen molar-refractivity contribution in [1.82, 2.24) is 20.3 Å². The zero-order chi connectivity index (χ0) is 12.1. The van der Waals surface area contributed by atoms with E-state index in [2.05, 4.69) is 15.6 Å². The molecule has 0 spiro atoms. The maximum absolute atomic E-state index is 11.4. The lowest BCUT2D eigenvalue weighted by Gasteiger charge is -2.07. The molecule has 1 aromatic heterocycles. The quantitative estimate of drug-likeness (QED) is 0.750. The Morgan fingerprint density at radius 3 is 2.88 bits per heavy atom. The Bertz CT molecular complexity index is 347. The van der Waals surface area contributed by atoms with Crippen LogP contribution in [0.25, 0.3) is 0 Å². The Morgan fingerprint density at radius 2 is 2.31 bits per heavy atom. The van der Waals surface area contributed by atoms with Gasteiger partial charge in [0.1, 0.15) is 6.54 Å². The highest BCUT2D eigenvalue weighted by molar-refractivity contribution is 5.75. The van der Waals surface area contributed by atoms with Gasteiger partial charge in [-0.15, -0.1) is 5.10 Å². The van der Waals surface area contributed by atoms with Gasteiger partial charge in [-0.2, -0.15) is 0 Å². The van der Waals surface area contributed by atoms with Gasteiger partial charge in [-0.05, 0) is 20.3 Å². The molecule has 0 aromatic carbocycles. The van der Waals surface area contributed by atoms with Gasteiger partial charge in [0.2, 0.25) is 5.91 Å². The highest BCUT2D eigenvalue weighted by atomic mass is 16.2. The topological polar surface area (TPSA) is 85.8 Å². The van der Waals surface area contributed by atoms with E-state index in [0.717, 1.165) is 12.1 Å². The van der Waals surface area contributed by atoms with Crippen LogP contribution in [0.2, 0.25) is 0 Å². The van der Waals surface area contributed by atoms with Crippen LogP contribution in [0.15, 0.2) is 6.20 Å². The summed E-state index contributed by atoms with van der Waals surface area (Å²) in [6, 6.07) is 0.0234. The fraction of sp³-hybridized carbons (Fsp3) is 0.700. The lowest BCUT2D eigenvalue weighted by atomic mass is 10.2. The van der Waals surface area contributed by atoms with E-state index < -0.39 is 0 Å². The first-order valence-corrected chi connectivity index (χ1v) is 5.48. The van der Waals surface area contributed by atoms with Gasteiger partial charge in [-0.25, -0.2) is 4.68 Å². The normalized spacial score (nSPS) is 12.8. The molecule has 1 aromatic rings. The Labute approximate surface area is 95.2 Å².